The first kappa shape index (κ1) is 20.2. The lowest BCUT2D eigenvalue weighted by molar-refractivity contribution is -0.133. The van der Waals surface area contributed by atoms with Gasteiger partial charge in [0.05, 0.1) is 6.54 Å². The van der Waals surface area contributed by atoms with Crippen molar-refractivity contribution in [3.05, 3.63) is 35.4 Å². The van der Waals surface area contributed by atoms with Crippen molar-refractivity contribution in [1.29, 1.82) is 0 Å². The summed E-state index contributed by atoms with van der Waals surface area (Å²) in [5, 5.41) is 3.25. The Morgan fingerprint density at radius 2 is 2.00 bits per heavy atom. The molecular formula is C21H30ClN3O2. The molecule has 0 unspecified atom stereocenters. The van der Waals surface area contributed by atoms with Gasteiger partial charge in [0, 0.05) is 38.6 Å². The van der Waals surface area contributed by atoms with Crippen molar-refractivity contribution in [3.8, 4) is 0 Å². The second-order valence-electron chi connectivity index (χ2n) is 8.21. The van der Waals surface area contributed by atoms with Crippen molar-refractivity contribution in [3.63, 3.8) is 0 Å². The predicted octanol–water partition coefficient (Wildman–Crippen LogP) is 2.37. The maximum absolute atomic E-state index is 12.5. The minimum Gasteiger partial charge on any atom is -0.350 e. The number of halogens is 1. The molecule has 1 aromatic rings. The first-order valence-electron chi connectivity index (χ1n) is 9.94. The Labute approximate surface area is 167 Å². The Hall–Kier alpha value is -1.59. The van der Waals surface area contributed by atoms with E-state index in [4.69, 9.17) is 0 Å². The Morgan fingerprint density at radius 1 is 1.22 bits per heavy atom. The molecule has 3 aliphatic rings. The standard InChI is InChI=1S/C21H29N3O2.ClH/c1-15-5-2-3-6-17(15)11-23-12-18(16-8-9-16)19(13-23)22-20(25)14-24-10-4-7-21(24)26;/h2-3,5-6,16,18-19H,4,7-14H2,1H3,(H,22,25);1H/t18-,19+;/m1./s1. The number of aryl methyl sites for hydroxylation is 1. The summed E-state index contributed by atoms with van der Waals surface area (Å²) in [7, 11) is 0. The summed E-state index contributed by atoms with van der Waals surface area (Å²) in [6, 6.07) is 8.76. The molecule has 6 heteroatoms. The molecule has 1 aliphatic carbocycles. The summed E-state index contributed by atoms with van der Waals surface area (Å²) in [4.78, 5) is 28.4. The summed E-state index contributed by atoms with van der Waals surface area (Å²) < 4.78 is 0. The zero-order valence-electron chi connectivity index (χ0n) is 16.0. The van der Waals surface area contributed by atoms with Crippen LogP contribution >= 0.6 is 12.4 Å². The molecule has 5 nitrogen and oxygen atoms in total. The fraction of sp³-hybridized carbons (Fsp3) is 0.619. The summed E-state index contributed by atoms with van der Waals surface area (Å²) >= 11 is 0. The van der Waals surface area contributed by atoms with Gasteiger partial charge < -0.3 is 10.2 Å². The van der Waals surface area contributed by atoms with Gasteiger partial charge in [-0.3, -0.25) is 14.5 Å². The van der Waals surface area contributed by atoms with E-state index in [1.807, 2.05) is 0 Å². The third kappa shape index (κ3) is 4.82. The van der Waals surface area contributed by atoms with E-state index in [-0.39, 0.29) is 36.8 Å². The van der Waals surface area contributed by atoms with Gasteiger partial charge >= 0.3 is 0 Å². The molecule has 4 rings (SSSR count). The molecule has 1 aromatic carbocycles. The van der Waals surface area contributed by atoms with Gasteiger partial charge in [0.15, 0.2) is 0 Å². The quantitative estimate of drug-likeness (QED) is 0.809. The van der Waals surface area contributed by atoms with E-state index in [1.54, 1.807) is 4.90 Å². The molecule has 0 radical (unpaired) electrons. The number of rotatable bonds is 6. The van der Waals surface area contributed by atoms with Gasteiger partial charge in [0.25, 0.3) is 0 Å². The summed E-state index contributed by atoms with van der Waals surface area (Å²) in [6.45, 7) is 6.04. The molecule has 2 atom stereocenters. The van der Waals surface area contributed by atoms with Crippen molar-refractivity contribution in [1.82, 2.24) is 15.1 Å². The first-order chi connectivity index (χ1) is 12.6. The van der Waals surface area contributed by atoms with Gasteiger partial charge in [-0.2, -0.15) is 0 Å². The summed E-state index contributed by atoms with van der Waals surface area (Å²) in [5.41, 5.74) is 2.70. The average Bonchev–Trinajstić information content (AvgIpc) is 3.27. The molecule has 0 spiro atoms. The van der Waals surface area contributed by atoms with E-state index in [0.29, 0.717) is 12.3 Å². The largest absolute Gasteiger partial charge is 0.350 e. The van der Waals surface area contributed by atoms with Gasteiger partial charge in [-0.05, 0) is 49.1 Å². The van der Waals surface area contributed by atoms with Gasteiger partial charge in [-0.15, -0.1) is 12.4 Å². The number of carbonyl (C=O) groups is 2. The smallest absolute Gasteiger partial charge is 0.239 e. The Balaban J connectivity index is 0.00000210. The Morgan fingerprint density at radius 3 is 2.67 bits per heavy atom. The lowest BCUT2D eigenvalue weighted by Crippen LogP contribution is -2.46. The van der Waals surface area contributed by atoms with Crippen LogP contribution in [0.4, 0.5) is 0 Å². The predicted molar refractivity (Wildman–Crippen MR) is 108 cm³/mol. The van der Waals surface area contributed by atoms with Gasteiger partial charge in [0.1, 0.15) is 0 Å². The highest BCUT2D eigenvalue weighted by Crippen LogP contribution is 2.41. The monoisotopic (exact) mass is 391 g/mol. The van der Waals surface area contributed by atoms with E-state index >= 15 is 0 Å². The number of hydrogen-bond acceptors (Lipinski definition) is 3. The maximum Gasteiger partial charge on any atom is 0.239 e. The van der Waals surface area contributed by atoms with Crippen molar-refractivity contribution < 1.29 is 9.59 Å². The van der Waals surface area contributed by atoms with E-state index < -0.39 is 0 Å². The van der Waals surface area contributed by atoms with Crippen LogP contribution in [0, 0.1) is 18.8 Å². The molecule has 3 fully saturated rings. The van der Waals surface area contributed by atoms with Crippen molar-refractivity contribution in [2.75, 3.05) is 26.2 Å². The van der Waals surface area contributed by atoms with E-state index in [9.17, 15) is 9.59 Å². The third-order valence-corrected chi connectivity index (χ3v) is 6.18. The number of nitrogens with zero attached hydrogens (tertiary/aromatic N) is 2. The molecule has 0 bridgehead atoms. The average molecular weight is 392 g/mol. The van der Waals surface area contributed by atoms with Crippen LogP contribution in [-0.2, 0) is 16.1 Å². The van der Waals surface area contributed by atoms with Gasteiger partial charge in [-0.25, -0.2) is 0 Å². The third-order valence-electron chi connectivity index (χ3n) is 6.18. The molecule has 2 amide bonds. The number of carbonyl (C=O) groups excluding carboxylic acids is 2. The first-order valence-corrected chi connectivity index (χ1v) is 9.94. The van der Waals surface area contributed by atoms with Crippen LogP contribution in [0.2, 0.25) is 0 Å². The number of hydrogen-bond donors (Lipinski definition) is 1. The lowest BCUT2D eigenvalue weighted by atomic mass is 9.98. The molecule has 27 heavy (non-hydrogen) atoms. The van der Waals surface area contributed by atoms with Crippen LogP contribution in [-0.4, -0.2) is 53.8 Å². The molecule has 2 saturated heterocycles. The Bertz CT molecular complexity index is 692. The minimum atomic E-state index is 0. The zero-order valence-corrected chi connectivity index (χ0v) is 16.8. The molecule has 2 aliphatic heterocycles. The zero-order chi connectivity index (χ0) is 18.1. The number of amides is 2. The summed E-state index contributed by atoms with van der Waals surface area (Å²) in [5.74, 6) is 1.44. The van der Waals surface area contributed by atoms with E-state index in [2.05, 4.69) is 41.4 Å². The van der Waals surface area contributed by atoms with Gasteiger partial charge in [0.2, 0.25) is 11.8 Å². The number of nitrogens with one attached hydrogen (secondary N) is 1. The van der Waals surface area contributed by atoms with Crippen LogP contribution in [0.25, 0.3) is 0 Å². The fourth-order valence-electron chi connectivity index (χ4n) is 4.52. The summed E-state index contributed by atoms with van der Waals surface area (Å²) in [6.07, 6.45) is 4.05. The molecule has 1 saturated carbocycles. The molecule has 0 aromatic heterocycles. The number of likely N-dealkylation sites (tertiary alicyclic amines) is 2. The molecule has 148 valence electrons. The fourth-order valence-corrected chi connectivity index (χ4v) is 4.52. The Kier molecular flexibility index (Phi) is 6.43. The van der Waals surface area contributed by atoms with Crippen LogP contribution < -0.4 is 5.32 Å². The van der Waals surface area contributed by atoms with Crippen LogP contribution in [0.1, 0.15) is 36.8 Å². The molecule has 1 N–H and O–H groups in total. The van der Waals surface area contributed by atoms with Crippen molar-refractivity contribution in [2.45, 2.75) is 45.2 Å². The van der Waals surface area contributed by atoms with Gasteiger partial charge in [-0.1, -0.05) is 24.3 Å². The second kappa shape index (κ2) is 8.61. The SMILES string of the molecule is Cc1ccccc1CN1C[C@H](NC(=O)CN2CCCC2=O)[C@@H](C2CC2)C1.Cl. The second-order valence-corrected chi connectivity index (χ2v) is 8.21. The van der Waals surface area contributed by atoms with Crippen molar-refractivity contribution >= 4 is 24.2 Å². The topological polar surface area (TPSA) is 52.7 Å². The minimum absolute atomic E-state index is 0. The van der Waals surface area contributed by atoms with E-state index in [1.165, 1.54) is 24.0 Å². The highest BCUT2D eigenvalue weighted by molar-refractivity contribution is 5.86. The van der Waals surface area contributed by atoms with Crippen LogP contribution in [0.15, 0.2) is 24.3 Å². The maximum atomic E-state index is 12.5. The molecular weight excluding hydrogens is 362 g/mol. The highest BCUT2D eigenvalue weighted by atomic mass is 35.5. The van der Waals surface area contributed by atoms with Crippen molar-refractivity contribution in [2.24, 2.45) is 11.8 Å². The number of benzene rings is 1. The van der Waals surface area contributed by atoms with Crippen LogP contribution in [0.5, 0.6) is 0 Å². The van der Waals surface area contributed by atoms with E-state index in [0.717, 1.165) is 38.5 Å². The molecule has 2 heterocycles. The normalized spacial score (nSPS) is 25.5. The highest BCUT2D eigenvalue weighted by Gasteiger charge is 2.43. The lowest BCUT2D eigenvalue weighted by Gasteiger charge is -2.22. The van der Waals surface area contributed by atoms with Crippen LogP contribution in [0.3, 0.4) is 0 Å².